The Morgan fingerprint density at radius 3 is 3.28 bits per heavy atom. The van der Waals surface area contributed by atoms with Gasteiger partial charge in [0.05, 0.1) is 11.7 Å². The maximum atomic E-state index is 11.3. The summed E-state index contributed by atoms with van der Waals surface area (Å²) < 4.78 is 1.88. The molecule has 1 aliphatic rings. The van der Waals surface area contributed by atoms with Gasteiger partial charge in [0.25, 0.3) is 0 Å². The van der Waals surface area contributed by atoms with Crippen LogP contribution in [0, 0.1) is 0 Å². The van der Waals surface area contributed by atoms with Gasteiger partial charge in [-0.3, -0.25) is 10.1 Å². The van der Waals surface area contributed by atoms with Crippen LogP contribution in [-0.4, -0.2) is 27.0 Å². The monoisotopic (exact) mass is 243 g/mol. The fraction of sp³-hybridized carbons (Fsp3) is 0.250. The van der Waals surface area contributed by atoms with Gasteiger partial charge < -0.3 is 9.88 Å². The van der Waals surface area contributed by atoms with Crippen LogP contribution in [-0.2, 0) is 18.3 Å². The van der Waals surface area contributed by atoms with Crippen molar-refractivity contribution in [2.45, 2.75) is 6.42 Å². The van der Waals surface area contributed by atoms with Gasteiger partial charge in [0.1, 0.15) is 11.3 Å². The summed E-state index contributed by atoms with van der Waals surface area (Å²) in [5, 5.41) is 5.91. The summed E-state index contributed by atoms with van der Waals surface area (Å²) in [5.41, 5.74) is 2.96. The average Bonchev–Trinajstić information content (AvgIpc) is 2.94. The maximum absolute atomic E-state index is 11.3. The number of nitrogens with zero attached hydrogens (tertiary/aromatic N) is 3. The van der Waals surface area contributed by atoms with E-state index < -0.39 is 0 Å². The predicted molar refractivity (Wildman–Crippen MR) is 69.5 cm³/mol. The first kappa shape index (κ1) is 10.8. The summed E-state index contributed by atoms with van der Waals surface area (Å²) in [6, 6.07) is 0. The Kier molecular flexibility index (Phi) is 2.29. The molecule has 1 aliphatic heterocycles. The maximum Gasteiger partial charge on any atom is 0.250 e. The summed E-state index contributed by atoms with van der Waals surface area (Å²) in [7, 11) is 1.88. The van der Waals surface area contributed by atoms with E-state index in [0.29, 0.717) is 5.95 Å². The molecular formula is C12H13N5O. The number of anilines is 2. The lowest BCUT2D eigenvalue weighted by atomic mass is 10.2. The topological polar surface area (TPSA) is 71.8 Å². The predicted octanol–water partition coefficient (Wildman–Crippen LogP) is 1.06. The Balaban J connectivity index is 2.17. The third-order valence-electron chi connectivity index (χ3n) is 3.10. The van der Waals surface area contributed by atoms with E-state index in [2.05, 4.69) is 27.2 Å². The van der Waals surface area contributed by atoms with Crippen molar-refractivity contribution >= 4 is 28.7 Å². The molecule has 0 radical (unpaired) electrons. The minimum Gasteiger partial charge on any atom is -0.369 e. The van der Waals surface area contributed by atoms with Crippen LogP contribution in [0.2, 0.25) is 0 Å². The van der Waals surface area contributed by atoms with E-state index in [1.807, 2.05) is 11.6 Å². The van der Waals surface area contributed by atoms with Crippen LogP contribution in [0.5, 0.6) is 0 Å². The SMILES string of the molecule is C=CC(=O)Nc1nc2cnc3c(c2n1C)CCN3. The molecule has 2 N–H and O–H groups in total. The Labute approximate surface area is 104 Å². The van der Waals surface area contributed by atoms with Crippen molar-refractivity contribution in [3.05, 3.63) is 24.4 Å². The molecule has 92 valence electrons. The first-order chi connectivity index (χ1) is 8.70. The number of rotatable bonds is 2. The van der Waals surface area contributed by atoms with E-state index in [1.54, 1.807) is 6.20 Å². The van der Waals surface area contributed by atoms with Crippen LogP contribution in [0.3, 0.4) is 0 Å². The number of hydrogen-bond donors (Lipinski definition) is 2. The van der Waals surface area contributed by atoms with E-state index in [4.69, 9.17) is 0 Å². The van der Waals surface area contributed by atoms with Gasteiger partial charge in [-0.15, -0.1) is 0 Å². The highest BCUT2D eigenvalue weighted by Crippen LogP contribution is 2.29. The third kappa shape index (κ3) is 1.46. The summed E-state index contributed by atoms with van der Waals surface area (Å²) in [5.74, 6) is 1.15. The average molecular weight is 243 g/mol. The summed E-state index contributed by atoms with van der Waals surface area (Å²) in [6.07, 6.45) is 3.87. The van der Waals surface area contributed by atoms with Crippen molar-refractivity contribution in [2.75, 3.05) is 17.2 Å². The second-order valence-corrected chi connectivity index (χ2v) is 4.18. The van der Waals surface area contributed by atoms with Gasteiger partial charge in [-0.05, 0) is 12.5 Å². The lowest BCUT2D eigenvalue weighted by Gasteiger charge is -2.04. The van der Waals surface area contributed by atoms with Crippen LogP contribution in [0.4, 0.5) is 11.8 Å². The number of carbonyl (C=O) groups excluding carboxylic acids is 1. The highest BCUT2D eigenvalue weighted by Gasteiger charge is 2.19. The number of fused-ring (bicyclic) bond motifs is 3. The number of aryl methyl sites for hydroxylation is 1. The number of aromatic nitrogens is 3. The molecule has 0 spiro atoms. The minimum atomic E-state index is -0.267. The van der Waals surface area contributed by atoms with Gasteiger partial charge in [-0.2, -0.15) is 0 Å². The molecule has 0 fully saturated rings. The van der Waals surface area contributed by atoms with E-state index in [9.17, 15) is 4.79 Å². The summed E-state index contributed by atoms with van der Waals surface area (Å²) >= 11 is 0. The van der Waals surface area contributed by atoms with Crippen molar-refractivity contribution in [2.24, 2.45) is 7.05 Å². The molecule has 0 aromatic carbocycles. The van der Waals surface area contributed by atoms with Crippen LogP contribution in [0.1, 0.15) is 5.56 Å². The second-order valence-electron chi connectivity index (χ2n) is 4.18. The van der Waals surface area contributed by atoms with E-state index in [-0.39, 0.29) is 5.91 Å². The largest absolute Gasteiger partial charge is 0.369 e. The number of carbonyl (C=O) groups is 1. The molecule has 2 aromatic heterocycles. The highest BCUT2D eigenvalue weighted by atomic mass is 16.1. The van der Waals surface area contributed by atoms with E-state index in [1.165, 1.54) is 6.08 Å². The zero-order chi connectivity index (χ0) is 12.7. The first-order valence-corrected chi connectivity index (χ1v) is 5.72. The first-order valence-electron chi connectivity index (χ1n) is 5.72. The van der Waals surface area contributed by atoms with E-state index in [0.717, 1.165) is 35.4 Å². The number of amides is 1. The normalized spacial score (nSPS) is 13.2. The minimum absolute atomic E-state index is 0.267. The molecule has 0 bridgehead atoms. The van der Waals surface area contributed by atoms with E-state index >= 15 is 0 Å². The lowest BCUT2D eigenvalue weighted by Crippen LogP contribution is -2.11. The van der Waals surface area contributed by atoms with Gasteiger partial charge in [0.2, 0.25) is 11.9 Å². The molecule has 3 rings (SSSR count). The Bertz CT molecular complexity index is 658. The van der Waals surface area contributed by atoms with Crippen molar-refractivity contribution in [1.29, 1.82) is 0 Å². The van der Waals surface area contributed by atoms with Crippen molar-refractivity contribution in [1.82, 2.24) is 14.5 Å². The molecule has 6 nitrogen and oxygen atoms in total. The summed E-state index contributed by atoms with van der Waals surface area (Å²) in [6.45, 7) is 4.32. The van der Waals surface area contributed by atoms with Crippen molar-refractivity contribution < 1.29 is 4.79 Å². The number of imidazole rings is 1. The van der Waals surface area contributed by atoms with Crippen LogP contribution < -0.4 is 10.6 Å². The van der Waals surface area contributed by atoms with Gasteiger partial charge in [0, 0.05) is 19.2 Å². The Morgan fingerprint density at radius 2 is 2.50 bits per heavy atom. The van der Waals surface area contributed by atoms with Crippen molar-refractivity contribution in [3.8, 4) is 0 Å². The summed E-state index contributed by atoms with van der Waals surface area (Å²) in [4.78, 5) is 20.0. The molecule has 0 saturated carbocycles. The molecule has 0 unspecified atom stereocenters. The van der Waals surface area contributed by atoms with Gasteiger partial charge in [-0.25, -0.2) is 9.97 Å². The van der Waals surface area contributed by atoms with Gasteiger partial charge in [-0.1, -0.05) is 6.58 Å². The zero-order valence-corrected chi connectivity index (χ0v) is 10.0. The Hall–Kier alpha value is -2.37. The molecule has 18 heavy (non-hydrogen) atoms. The zero-order valence-electron chi connectivity index (χ0n) is 10.0. The standard InChI is InChI=1S/C12H13N5O/c1-3-9(18)16-12-15-8-6-14-11-7(4-5-13-11)10(8)17(12)2/h3,6H,1,4-5H2,2H3,(H,13,14)(H,15,16,18). The molecule has 2 aromatic rings. The Morgan fingerprint density at radius 1 is 1.67 bits per heavy atom. The fourth-order valence-corrected chi connectivity index (χ4v) is 2.25. The number of hydrogen-bond acceptors (Lipinski definition) is 4. The van der Waals surface area contributed by atoms with Gasteiger partial charge >= 0.3 is 0 Å². The molecule has 0 saturated heterocycles. The quantitative estimate of drug-likeness (QED) is 0.774. The lowest BCUT2D eigenvalue weighted by molar-refractivity contribution is -0.111. The van der Waals surface area contributed by atoms with Gasteiger partial charge in [0.15, 0.2) is 0 Å². The second kappa shape index (κ2) is 3.83. The molecule has 0 atom stereocenters. The van der Waals surface area contributed by atoms with Crippen LogP contribution in [0.15, 0.2) is 18.9 Å². The fourth-order valence-electron chi connectivity index (χ4n) is 2.25. The molecule has 3 heterocycles. The molecule has 6 heteroatoms. The number of nitrogens with one attached hydrogen (secondary N) is 2. The van der Waals surface area contributed by atoms with Crippen molar-refractivity contribution in [3.63, 3.8) is 0 Å². The molecule has 1 amide bonds. The number of pyridine rings is 1. The molecular weight excluding hydrogens is 230 g/mol. The third-order valence-corrected chi connectivity index (χ3v) is 3.10. The van der Waals surface area contributed by atoms with Crippen LogP contribution in [0.25, 0.3) is 11.0 Å². The van der Waals surface area contributed by atoms with Crippen LogP contribution >= 0.6 is 0 Å². The molecule has 0 aliphatic carbocycles. The smallest absolute Gasteiger partial charge is 0.250 e. The highest BCUT2D eigenvalue weighted by molar-refractivity contribution is 5.99.